The number of para-hydroxylation sites is 1. The van der Waals surface area contributed by atoms with E-state index in [9.17, 15) is 33.3 Å². The maximum atomic E-state index is 14.1. The minimum absolute atomic E-state index is 0.120. The van der Waals surface area contributed by atoms with E-state index in [1.165, 1.54) is 0 Å². The number of aliphatic imine (C=N–C) groups is 1. The second-order valence-electron chi connectivity index (χ2n) is 12.0. The van der Waals surface area contributed by atoms with E-state index < -0.39 is 40.0 Å². The molecule has 0 radical (unpaired) electrons. The number of Topliss-reactive ketones (excluding diaryl/α,β-unsaturated/α-hetero) is 2. The van der Waals surface area contributed by atoms with Crippen LogP contribution in [0.1, 0.15) is 36.1 Å². The molecular formula is C40H25F3N6O2. The first kappa shape index (κ1) is 35.2. The van der Waals surface area contributed by atoms with Crippen molar-refractivity contribution in [1.29, 1.82) is 10.5 Å². The minimum Gasteiger partial charge on any atom is -0.347 e. The Kier molecular flexibility index (Phi) is 9.54. The Morgan fingerprint density at radius 3 is 1.82 bits per heavy atom. The molecule has 0 unspecified atom stereocenters. The molecule has 3 aromatic carbocycles. The smallest absolute Gasteiger partial charge is 0.271 e. The third-order valence-electron chi connectivity index (χ3n) is 8.62. The Morgan fingerprint density at radius 2 is 1.31 bits per heavy atom. The van der Waals surface area contributed by atoms with E-state index in [0.29, 0.717) is 39.4 Å². The van der Waals surface area contributed by atoms with E-state index >= 15 is 0 Å². The fourth-order valence-electron chi connectivity index (χ4n) is 6.07. The first-order valence-corrected chi connectivity index (χ1v) is 15.2. The van der Waals surface area contributed by atoms with Gasteiger partial charge in [0.05, 0.1) is 42.3 Å². The quantitative estimate of drug-likeness (QED) is 0.153. The maximum absolute atomic E-state index is 14.1. The van der Waals surface area contributed by atoms with Crippen LogP contribution < -0.4 is 4.90 Å². The fourth-order valence-corrected chi connectivity index (χ4v) is 6.07. The molecule has 8 nitrogen and oxygen atoms in total. The van der Waals surface area contributed by atoms with Gasteiger partial charge in [0.25, 0.3) is 17.2 Å². The Bertz CT molecular complexity index is 2320. The van der Waals surface area contributed by atoms with Crippen LogP contribution >= 0.6 is 0 Å². The maximum Gasteiger partial charge on any atom is 0.271 e. The molecule has 0 bridgehead atoms. The Hall–Kier alpha value is -7.08. The Morgan fingerprint density at radius 1 is 0.804 bits per heavy atom. The summed E-state index contributed by atoms with van der Waals surface area (Å²) in [6.07, 6.45) is 1.13. The molecule has 0 aromatic heterocycles. The molecule has 2 aliphatic carbocycles. The second-order valence-corrected chi connectivity index (χ2v) is 12.0. The van der Waals surface area contributed by atoms with Crippen LogP contribution in [-0.2, 0) is 15.0 Å². The van der Waals surface area contributed by atoms with Gasteiger partial charge in [-0.15, -0.1) is 0 Å². The Balaban J connectivity index is 0.000000199. The van der Waals surface area contributed by atoms with Crippen LogP contribution in [0.3, 0.4) is 0 Å². The van der Waals surface area contributed by atoms with Gasteiger partial charge in [0.15, 0.2) is 5.83 Å². The van der Waals surface area contributed by atoms with E-state index in [0.717, 1.165) is 22.9 Å². The van der Waals surface area contributed by atoms with E-state index in [4.69, 9.17) is 13.1 Å². The number of nitrogens with zero attached hydrogens (tertiary/aromatic N) is 6. The number of fused-ring (bicyclic) bond motifs is 2. The molecule has 1 aliphatic heterocycles. The largest absolute Gasteiger partial charge is 0.347 e. The van der Waals surface area contributed by atoms with Crippen LogP contribution in [0.2, 0.25) is 0 Å². The highest BCUT2D eigenvalue weighted by molar-refractivity contribution is 6.51. The lowest BCUT2D eigenvalue weighted by Gasteiger charge is -2.25. The van der Waals surface area contributed by atoms with Crippen LogP contribution in [0.4, 0.5) is 24.5 Å². The highest BCUT2D eigenvalue weighted by Crippen LogP contribution is 2.48. The van der Waals surface area contributed by atoms with Crippen LogP contribution in [0.25, 0.3) is 20.8 Å². The molecule has 0 saturated heterocycles. The zero-order valence-corrected chi connectivity index (χ0v) is 27.6. The summed E-state index contributed by atoms with van der Waals surface area (Å²) in [4.78, 5) is 36.4. The van der Waals surface area contributed by atoms with E-state index in [1.54, 1.807) is 36.2 Å². The van der Waals surface area contributed by atoms with Crippen molar-refractivity contribution in [3.63, 3.8) is 0 Å². The zero-order valence-electron chi connectivity index (χ0n) is 27.6. The molecule has 0 spiro atoms. The second kappa shape index (κ2) is 13.8. The topological polar surface area (TPSA) is 106 Å². The number of likely N-dealkylation sites (N-methyl/N-ethyl adjacent to an activating group) is 1. The average Bonchev–Trinajstić information content (AvgIpc) is 3.54. The van der Waals surface area contributed by atoms with E-state index in [2.05, 4.69) is 14.7 Å². The van der Waals surface area contributed by atoms with Gasteiger partial charge < -0.3 is 4.90 Å². The summed E-state index contributed by atoms with van der Waals surface area (Å²) >= 11 is 0. The molecule has 0 amide bonds. The summed E-state index contributed by atoms with van der Waals surface area (Å²) < 4.78 is 40.9. The number of aryl methyl sites for hydroxylation is 1. The van der Waals surface area contributed by atoms with Gasteiger partial charge in [-0.25, -0.2) is 24.6 Å². The monoisotopic (exact) mass is 678 g/mol. The third-order valence-corrected chi connectivity index (χ3v) is 8.62. The van der Waals surface area contributed by atoms with Gasteiger partial charge in [0, 0.05) is 35.0 Å². The predicted molar refractivity (Wildman–Crippen MR) is 186 cm³/mol. The number of ketones is 2. The van der Waals surface area contributed by atoms with Crippen molar-refractivity contribution in [3.05, 3.63) is 164 Å². The van der Waals surface area contributed by atoms with Crippen LogP contribution in [-0.4, -0.2) is 24.3 Å². The predicted octanol–water partition coefficient (Wildman–Crippen LogP) is 8.91. The molecule has 0 atom stereocenters. The minimum atomic E-state index is -1.98. The average molecular weight is 679 g/mol. The molecule has 6 rings (SSSR count). The van der Waals surface area contributed by atoms with Crippen molar-refractivity contribution >= 4 is 39.8 Å². The third kappa shape index (κ3) is 6.06. The lowest BCUT2D eigenvalue weighted by Crippen LogP contribution is -2.25. The van der Waals surface area contributed by atoms with Gasteiger partial charge in [0.2, 0.25) is 17.4 Å². The number of halogens is 3. The standard InChI is InChI=1S/C22H11N5.C18H14F3NO2/c1-14-8-10-15(11-9-14)27-22-20(18(12-23)25-2)16-6-4-5-7-17(16)21(22)19(13-24)26-3;1-18(2)10-6-4-5-7-11(10)22(3)12(18)8-9-13(19)17(24)15(21)14(20)16(9)23/h4-11H,1H3;4-8H,1-3H3/b20-18+,21-19+;12-8-. The number of hydrogen-bond donors (Lipinski definition) is 0. The Labute approximate surface area is 292 Å². The summed E-state index contributed by atoms with van der Waals surface area (Å²) in [5, 5.41) is 18.9. The van der Waals surface area contributed by atoms with E-state index in [-0.39, 0.29) is 11.4 Å². The van der Waals surface area contributed by atoms with Gasteiger partial charge in [0.1, 0.15) is 0 Å². The van der Waals surface area contributed by atoms with Gasteiger partial charge in [-0.1, -0.05) is 74.0 Å². The first-order chi connectivity index (χ1) is 24.3. The van der Waals surface area contributed by atoms with Crippen molar-refractivity contribution < 1.29 is 22.8 Å². The molecule has 1 heterocycles. The summed E-state index contributed by atoms with van der Waals surface area (Å²) in [7, 11) is 1.72. The molecule has 248 valence electrons. The SMILES string of the molecule is CN1/C(=C\C2=C(F)C(=O)C(F)=C(F)C2=O)C(C)(C)c2ccccc21.[C-]#[N+]/C(C#N)=C1/C(=Nc2ccc(C)cc2)/C(=C(\C#N)[N+]#[C-])c2ccccc21. The summed E-state index contributed by atoms with van der Waals surface area (Å²) in [6.45, 7) is 20.4. The molecule has 0 N–H and O–H groups in total. The van der Waals surface area contributed by atoms with Crippen LogP contribution in [0.15, 0.2) is 124 Å². The van der Waals surface area contributed by atoms with Crippen molar-refractivity contribution in [3.8, 4) is 12.1 Å². The lowest BCUT2D eigenvalue weighted by molar-refractivity contribution is -0.119. The molecule has 3 aliphatic rings. The molecular weight excluding hydrogens is 653 g/mol. The van der Waals surface area contributed by atoms with Gasteiger partial charge in [-0.05, 0) is 47.9 Å². The number of carbonyl (C=O) groups excluding carboxylic acids is 2. The number of carbonyl (C=O) groups is 2. The lowest BCUT2D eigenvalue weighted by atomic mass is 9.82. The van der Waals surface area contributed by atoms with Gasteiger partial charge in [-0.3, -0.25) is 14.6 Å². The van der Waals surface area contributed by atoms with Crippen LogP contribution in [0.5, 0.6) is 0 Å². The van der Waals surface area contributed by atoms with Crippen LogP contribution in [0, 0.1) is 42.7 Å². The highest BCUT2D eigenvalue weighted by atomic mass is 19.2. The summed E-state index contributed by atoms with van der Waals surface area (Å²) in [5.41, 5.74) is 4.65. The number of benzene rings is 3. The van der Waals surface area contributed by atoms with Crippen molar-refractivity contribution in [2.75, 3.05) is 11.9 Å². The normalized spacial score (nSPS) is 18.5. The highest BCUT2D eigenvalue weighted by Gasteiger charge is 2.41. The number of allylic oxidation sites excluding steroid dienone is 10. The summed E-state index contributed by atoms with van der Waals surface area (Å²) in [6, 6.07) is 25.8. The fraction of sp³-hybridized carbons (Fsp3) is 0.125. The molecule has 0 saturated carbocycles. The molecule has 51 heavy (non-hydrogen) atoms. The molecule has 0 fully saturated rings. The summed E-state index contributed by atoms with van der Waals surface area (Å²) in [5.74, 6) is -8.62. The van der Waals surface area contributed by atoms with Gasteiger partial charge >= 0.3 is 0 Å². The van der Waals surface area contributed by atoms with Crippen molar-refractivity contribution in [1.82, 2.24) is 0 Å². The number of nitriles is 2. The van der Waals surface area contributed by atoms with Crippen molar-refractivity contribution in [2.45, 2.75) is 26.2 Å². The molecule has 11 heteroatoms. The number of anilines is 1. The number of hydrogen-bond acceptors (Lipinski definition) is 6. The van der Waals surface area contributed by atoms with Crippen molar-refractivity contribution in [2.24, 2.45) is 4.99 Å². The number of rotatable bonds is 2. The van der Waals surface area contributed by atoms with Gasteiger partial charge in [-0.2, -0.15) is 8.78 Å². The first-order valence-electron chi connectivity index (χ1n) is 15.2. The zero-order chi connectivity index (χ0) is 37.2. The van der Waals surface area contributed by atoms with E-state index in [1.807, 2.05) is 81.4 Å². The molecule has 3 aromatic rings.